The maximum Gasteiger partial charge on any atom is 0.329 e. The van der Waals surface area contributed by atoms with Crippen molar-refractivity contribution in [2.75, 3.05) is 5.32 Å². The van der Waals surface area contributed by atoms with Gasteiger partial charge in [-0.15, -0.1) is 0 Å². The van der Waals surface area contributed by atoms with E-state index in [2.05, 4.69) is 22.9 Å². The second-order valence-electron chi connectivity index (χ2n) is 2.83. The van der Waals surface area contributed by atoms with Gasteiger partial charge in [0.1, 0.15) is 0 Å². The molecule has 2 amide bonds. The number of rotatable bonds is 3. The maximum atomic E-state index is 10.9. The molecule has 0 aliphatic heterocycles. The summed E-state index contributed by atoms with van der Waals surface area (Å²) < 4.78 is 2.11. The van der Waals surface area contributed by atoms with Crippen LogP contribution in [0.15, 0.2) is 24.3 Å². The summed E-state index contributed by atoms with van der Waals surface area (Å²) in [5.41, 5.74) is 1.26. The van der Waals surface area contributed by atoms with Crippen LogP contribution in [0.1, 0.15) is 5.56 Å². The monoisotopic (exact) mass is 226 g/mol. The van der Waals surface area contributed by atoms with Crippen molar-refractivity contribution in [2.24, 2.45) is 0 Å². The number of hydrogen-bond donors (Lipinski definition) is 4. The third-order valence-electron chi connectivity index (χ3n) is 1.67. The minimum atomic E-state index is -0.885. The fourth-order valence-electron chi connectivity index (χ4n) is 1.04. The van der Waals surface area contributed by atoms with E-state index in [-0.39, 0.29) is 6.42 Å². The summed E-state index contributed by atoms with van der Waals surface area (Å²) in [5, 5.41) is 11.0. The van der Waals surface area contributed by atoms with Crippen molar-refractivity contribution in [2.45, 2.75) is 6.42 Å². The molecule has 0 bridgehead atoms. The Hall–Kier alpha value is -1.69. The number of urea groups is 1. The Morgan fingerprint density at radius 3 is 2.33 bits per heavy atom. The van der Waals surface area contributed by atoms with E-state index in [1.807, 2.05) is 0 Å². The zero-order chi connectivity index (χ0) is 11.3. The standard InChI is InChI=1S/C9H10N2O3S/c12-8(13)5-6-1-3-7(4-2-6)10-9(14)11-15/h1-4,15H,5H2,(H,12,13)(H2,10,11,14). The molecule has 3 N–H and O–H groups in total. The molecule has 0 fully saturated rings. The van der Waals surface area contributed by atoms with Gasteiger partial charge in [-0.1, -0.05) is 24.9 Å². The number of anilines is 1. The van der Waals surface area contributed by atoms with Gasteiger partial charge in [-0.3, -0.25) is 9.52 Å². The molecule has 0 radical (unpaired) electrons. The van der Waals surface area contributed by atoms with Crippen LogP contribution in [0.3, 0.4) is 0 Å². The molecule has 0 aliphatic rings. The lowest BCUT2D eigenvalue weighted by atomic mass is 10.1. The molecule has 0 aliphatic carbocycles. The summed E-state index contributed by atoms with van der Waals surface area (Å²) >= 11 is 3.57. The Balaban J connectivity index is 2.64. The lowest BCUT2D eigenvalue weighted by molar-refractivity contribution is -0.136. The van der Waals surface area contributed by atoms with Crippen molar-refractivity contribution < 1.29 is 14.7 Å². The number of amides is 2. The zero-order valence-electron chi connectivity index (χ0n) is 7.73. The van der Waals surface area contributed by atoms with Crippen molar-refractivity contribution in [3.63, 3.8) is 0 Å². The van der Waals surface area contributed by atoms with Gasteiger partial charge in [0.05, 0.1) is 6.42 Å². The Morgan fingerprint density at radius 2 is 1.87 bits per heavy atom. The SMILES string of the molecule is O=C(O)Cc1ccc(NC(=O)NS)cc1. The first kappa shape index (κ1) is 11.4. The van der Waals surface area contributed by atoms with Gasteiger partial charge in [-0.2, -0.15) is 0 Å². The number of carbonyl (C=O) groups is 2. The summed E-state index contributed by atoms with van der Waals surface area (Å²) in [6.07, 6.45) is -0.0287. The largest absolute Gasteiger partial charge is 0.481 e. The van der Waals surface area contributed by atoms with E-state index in [9.17, 15) is 9.59 Å². The van der Waals surface area contributed by atoms with Crippen LogP contribution in [-0.2, 0) is 11.2 Å². The Bertz CT molecular complexity index is 364. The fourth-order valence-corrected chi connectivity index (χ4v) is 1.10. The van der Waals surface area contributed by atoms with Crippen molar-refractivity contribution in [1.29, 1.82) is 0 Å². The Labute approximate surface area is 92.0 Å². The average Bonchev–Trinajstić information content (AvgIpc) is 2.20. The van der Waals surface area contributed by atoms with Crippen molar-refractivity contribution >= 4 is 30.5 Å². The molecule has 6 heteroatoms. The maximum absolute atomic E-state index is 10.9. The van der Waals surface area contributed by atoms with Gasteiger partial charge in [-0.25, -0.2) is 4.79 Å². The predicted octanol–water partition coefficient (Wildman–Crippen LogP) is 1.28. The van der Waals surface area contributed by atoms with Crippen molar-refractivity contribution in [3.05, 3.63) is 29.8 Å². The van der Waals surface area contributed by atoms with E-state index in [1.165, 1.54) is 0 Å². The molecule has 0 unspecified atom stereocenters. The number of carboxylic acid groups (broad SMARTS) is 1. The van der Waals surface area contributed by atoms with E-state index in [0.717, 1.165) is 0 Å². The number of thiol groups is 1. The first-order valence-corrected chi connectivity index (χ1v) is 4.58. The normalized spacial score (nSPS) is 9.40. The smallest absolute Gasteiger partial charge is 0.329 e. The number of carboxylic acids is 1. The molecule has 0 saturated heterocycles. The molecule has 0 aromatic heterocycles. The van der Waals surface area contributed by atoms with E-state index >= 15 is 0 Å². The second-order valence-corrected chi connectivity index (χ2v) is 3.06. The minimum Gasteiger partial charge on any atom is -0.481 e. The minimum absolute atomic E-state index is 0.0287. The van der Waals surface area contributed by atoms with Crippen LogP contribution in [0.25, 0.3) is 0 Å². The van der Waals surface area contributed by atoms with Crippen LogP contribution in [0.5, 0.6) is 0 Å². The summed E-state index contributed by atoms with van der Waals surface area (Å²) in [6.45, 7) is 0. The van der Waals surface area contributed by atoms with E-state index in [0.29, 0.717) is 11.3 Å². The molecule has 0 heterocycles. The highest BCUT2D eigenvalue weighted by Crippen LogP contribution is 2.09. The number of benzene rings is 1. The lowest BCUT2D eigenvalue weighted by Crippen LogP contribution is -2.20. The third kappa shape index (κ3) is 3.90. The highest BCUT2D eigenvalue weighted by molar-refractivity contribution is 7.78. The van der Waals surface area contributed by atoms with Crippen LogP contribution in [-0.4, -0.2) is 17.1 Å². The Kier molecular flexibility index (Phi) is 3.99. The van der Waals surface area contributed by atoms with Crippen LogP contribution in [0.2, 0.25) is 0 Å². The molecular weight excluding hydrogens is 216 g/mol. The number of nitrogens with one attached hydrogen (secondary N) is 2. The molecule has 1 aromatic carbocycles. The number of aliphatic carboxylic acids is 1. The van der Waals surface area contributed by atoms with Crippen LogP contribution >= 0.6 is 12.8 Å². The highest BCUT2D eigenvalue weighted by atomic mass is 32.1. The van der Waals surface area contributed by atoms with Crippen molar-refractivity contribution in [3.8, 4) is 0 Å². The molecule has 0 atom stereocenters. The summed E-state index contributed by atoms with van der Waals surface area (Å²) in [5.74, 6) is -0.885. The van der Waals surface area contributed by atoms with Crippen LogP contribution in [0, 0.1) is 0 Å². The van der Waals surface area contributed by atoms with E-state index in [4.69, 9.17) is 5.11 Å². The number of hydrogen-bond acceptors (Lipinski definition) is 3. The quantitative estimate of drug-likeness (QED) is 0.586. The van der Waals surface area contributed by atoms with Gasteiger partial charge in [-0.05, 0) is 17.7 Å². The molecule has 80 valence electrons. The molecule has 1 aromatic rings. The molecule has 1 rings (SSSR count). The van der Waals surface area contributed by atoms with Gasteiger partial charge in [0.2, 0.25) is 0 Å². The first-order chi connectivity index (χ1) is 7.11. The predicted molar refractivity (Wildman–Crippen MR) is 58.9 cm³/mol. The summed E-state index contributed by atoms with van der Waals surface area (Å²) in [4.78, 5) is 21.2. The first-order valence-electron chi connectivity index (χ1n) is 4.13. The highest BCUT2D eigenvalue weighted by Gasteiger charge is 2.01. The Morgan fingerprint density at radius 1 is 1.27 bits per heavy atom. The third-order valence-corrected chi connectivity index (χ3v) is 1.87. The van der Waals surface area contributed by atoms with Crippen LogP contribution < -0.4 is 10.0 Å². The average molecular weight is 226 g/mol. The van der Waals surface area contributed by atoms with Gasteiger partial charge in [0.25, 0.3) is 0 Å². The van der Waals surface area contributed by atoms with Gasteiger partial charge in [0.15, 0.2) is 0 Å². The van der Waals surface area contributed by atoms with Gasteiger partial charge >= 0.3 is 12.0 Å². The molecular formula is C9H10N2O3S. The van der Waals surface area contributed by atoms with E-state index < -0.39 is 12.0 Å². The molecule has 0 saturated carbocycles. The number of carbonyl (C=O) groups excluding carboxylic acids is 1. The van der Waals surface area contributed by atoms with E-state index in [1.54, 1.807) is 24.3 Å². The van der Waals surface area contributed by atoms with Gasteiger partial charge < -0.3 is 10.4 Å². The zero-order valence-corrected chi connectivity index (χ0v) is 8.62. The molecule has 15 heavy (non-hydrogen) atoms. The fraction of sp³-hybridized carbons (Fsp3) is 0.111. The summed E-state index contributed by atoms with van der Waals surface area (Å²) in [7, 11) is 0. The van der Waals surface area contributed by atoms with Crippen LogP contribution in [0.4, 0.5) is 10.5 Å². The second kappa shape index (κ2) is 5.26. The molecule has 5 nitrogen and oxygen atoms in total. The lowest BCUT2D eigenvalue weighted by Gasteiger charge is -2.04. The molecule has 0 spiro atoms. The topological polar surface area (TPSA) is 78.4 Å². The van der Waals surface area contributed by atoms with Crippen molar-refractivity contribution in [1.82, 2.24) is 4.72 Å². The van der Waals surface area contributed by atoms with Gasteiger partial charge in [0, 0.05) is 5.69 Å². The summed E-state index contributed by atoms with van der Waals surface area (Å²) in [6, 6.07) is 6.09.